The Hall–Kier alpha value is 0.295. The first-order valence-corrected chi connectivity index (χ1v) is 6.19. The van der Waals surface area contributed by atoms with Crippen LogP contribution in [-0.2, 0) is 0 Å². The van der Waals surface area contributed by atoms with Crippen LogP contribution in [0.3, 0.4) is 0 Å². The van der Waals surface area contributed by atoms with Crippen LogP contribution in [0, 0.1) is 0 Å². The summed E-state index contributed by atoms with van der Waals surface area (Å²) in [6, 6.07) is 0. The third kappa shape index (κ3) is 36.7. The van der Waals surface area contributed by atoms with E-state index in [4.69, 9.17) is 15.1 Å². The number of unbranched alkanes of at least 4 members (excludes halogenated alkanes) is 8. The van der Waals surface area contributed by atoms with Gasteiger partial charge in [-0.15, -0.1) is 0 Å². The van der Waals surface area contributed by atoms with Crippen LogP contribution < -0.4 is 0 Å². The van der Waals surface area contributed by atoms with E-state index in [-0.39, 0.29) is 13.5 Å². The first-order chi connectivity index (χ1) is 7.15. The molecule has 0 rings (SSSR count). The van der Waals surface area contributed by atoms with Gasteiger partial charge in [0.15, 0.2) is 0 Å². The Bertz CT molecular complexity index is 94.5. The molecule has 0 aliphatic heterocycles. The molecule has 0 aromatic rings. The van der Waals surface area contributed by atoms with Crippen LogP contribution in [0.25, 0.3) is 0 Å². The van der Waals surface area contributed by atoms with Gasteiger partial charge in [-0.05, 0) is 0 Å². The van der Waals surface area contributed by atoms with Gasteiger partial charge in [-0.25, -0.2) is 0 Å². The summed E-state index contributed by atoms with van der Waals surface area (Å²) in [6.45, 7) is 4.55. The molecule has 0 atom stereocenters. The van der Waals surface area contributed by atoms with Crippen molar-refractivity contribution in [2.75, 3.05) is 0 Å². The lowest BCUT2D eigenvalue weighted by Crippen LogP contribution is -2.07. The molecule has 0 fully saturated rings. The summed E-state index contributed by atoms with van der Waals surface area (Å²) < 4.78 is 0. The largest absolute Gasteiger partial charge is 0.631 e. The molecule has 0 saturated heterocycles. The summed E-state index contributed by atoms with van der Waals surface area (Å²) in [7, 11) is -2.17. The molecular formula is C11H29BO3S. The molecule has 5 heteroatoms. The van der Waals surface area contributed by atoms with Crippen molar-refractivity contribution in [3.8, 4) is 0 Å². The van der Waals surface area contributed by atoms with Crippen LogP contribution in [0.15, 0.2) is 0 Å². The Labute approximate surface area is 108 Å². The van der Waals surface area contributed by atoms with Crippen molar-refractivity contribution in [3.05, 3.63) is 0 Å². The molecule has 16 heavy (non-hydrogen) atoms. The van der Waals surface area contributed by atoms with Gasteiger partial charge in [0, 0.05) is 0 Å². The minimum atomic E-state index is -2.17. The van der Waals surface area contributed by atoms with E-state index in [2.05, 4.69) is 13.8 Å². The van der Waals surface area contributed by atoms with E-state index in [9.17, 15) is 0 Å². The molecule has 0 aliphatic carbocycles. The van der Waals surface area contributed by atoms with Crippen LogP contribution in [0.1, 0.15) is 71.6 Å². The quantitative estimate of drug-likeness (QED) is 0.459. The molecule has 0 amide bonds. The van der Waals surface area contributed by atoms with E-state index >= 15 is 0 Å². The average Bonchev–Trinajstić information content (AvgIpc) is 2.16. The van der Waals surface area contributed by atoms with Gasteiger partial charge < -0.3 is 15.1 Å². The van der Waals surface area contributed by atoms with Gasteiger partial charge in [-0.3, -0.25) is 0 Å². The molecule has 3 N–H and O–H groups in total. The fourth-order valence-corrected chi connectivity index (χ4v) is 1.38. The van der Waals surface area contributed by atoms with Crippen molar-refractivity contribution in [2.24, 2.45) is 0 Å². The molecule has 0 aromatic heterocycles. The lowest BCUT2D eigenvalue weighted by Gasteiger charge is -1.98. The second-order valence-corrected chi connectivity index (χ2v) is 3.82. The molecule has 0 aliphatic rings. The number of hydrogen-bond donors (Lipinski definition) is 3. The lowest BCUT2D eigenvalue weighted by atomic mass is 10.1. The van der Waals surface area contributed by atoms with Crippen molar-refractivity contribution in [3.63, 3.8) is 0 Å². The van der Waals surface area contributed by atoms with Crippen LogP contribution in [0.2, 0.25) is 0 Å². The minimum absolute atomic E-state index is 0. The molecule has 0 bridgehead atoms. The zero-order chi connectivity index (χ0) is 11.9. The van der Waals surface area contributed by atoms with Crippen molar-refractivity contribution in [1.29, 1.82) is 0 Å². The summed E-state index contributed by atoms with van der Waals surface area (Å²) in [5.41, 5.74) is 0. The smallest absolute Gasteiger partial charge is 0.402 e. The van der Waals surface area contributed by atoms with Crippen LogP contribution in [0.4, 0.5) is 0 Å². The highest BCUT2D eigenvalue weighted by atomic mass is 32.1. The standard InChI is InChI=1S/C11H24.BH3O3.H2S/c1-3-5-7-9-11-10-8-6-4-2;2-1(3)4;/h3-11H2,1-2H3;2-4H;1H2. The molecule has 0 aromatic carbocycles. The van der Waals surface area contributed by atoms with Gasteiger partial charge >= 0.3 is 7.32 Å². The van der Waals surface area contributed by atoms with Crippen molar-refractivity contribution < 1.29 is 15.1 Å². The minimum Gasteiger partial charge on any atom is -0.402 e. The van der Waals surface area contributed by atoms with Crippen molar-refractivity contribution in [2.45, 2.75) is 71.6 Å². The van der Waals surface area contributed by atoms with E-state index in [1.807, 2.05) is 0 Å². The highest BCUT2D eigenvalue weighted by molar-refractivity contribution is 7.59. The fourth-order valence-electron chi connectivity index (χ4n) is 1.38. The first-order valence-electron chi connectivity index (χ1n) is 6.19. The summed E-state index contributed by atoms with van der Waals surface area (Å²) in [6.07, 6.45) is 13.0. The maximum Gasteiger partial charge on any atom is 0.631 e. The number of rotatable bonds is 8. The Morgan fingerprint density at radius 1 is 0.625 bits per heavy atom. The van der Waals surface area contributed by atoms with Crippen LogP contribution in [-0.4, -0.2) is 22.4 Å². The molecule has 0 saturated carbocycles. The monoisotopic (exact) mass is 252 g/mol. The van der Waals surface area contributed by atoms with E-state index in [0.717, 1.165) is 0 Å². The van der Waals surface area contributed by atoms with Crippen LogP contribution >= 0.6 is 13.5 Å². The van der Waals surface area contributed by atoms with Gasteiger partial charge in [0.1, 0.15) is 0 Å². The third-order valence-electron chi connectivity index (χ3n) is 2.21. The maximum atomic E-state index is 7.17. The van der Waals surface area contributed by atoms with E-state index in [1.165, 1.54) is 57.8 Å². The summed E-state index contributed by atoms with van der Waals surface area (Å²) >= 11 is 0. The SMILES string of the molecule is CCCCCCCCCCC.OB(O)O.S. The fraction of sp³-hybridized carbons (Fsp3) is 1.00. The van der Waals surface area contributed by atoms with Crippen LogP contribution in [0.5, 0.6) is 0 Å². The third-order valence-corrected chi connectivity index (χ3v) is 2.21. The molecule has 0 heterocycles. The molecule has 0 unspecified atom stereocenters. The van der Waals surface area contributed by atoms with E-state index in [0.29, 0.717) is 0 Å². The Morgan fingerprint density at radius 3 is 1.00 bits per heavy atom. The predicted molar refractivity (Wildman–Crippen MR) is 75.7 cm³/mol. The average molecular weight is 252 g/mol. The summed E-state index contributed by atoms with van der Waals surface area (Å²) in [5.74, 6) is 0. The highest BCUT2D eigenvalue weighted by Crippen LogP contribution is 2.08. The molecule has 0 spiro atoms. The predicted octanol–water partition coefficient (Wildman–Crippen LogP) is 2.60. The summed E-state index contributed by atoms with van der Waals surface area (Å²) in [5, 5.41) is 21.5. The summed E-state index contributed by atoms with van der Waals surface area (Å²) in [4.78, 5) is 0. The Balaban J connectivity index is -0.000000292. The van der Waals surface area contributed by atoms with Gasteiger partial charge in [-0.2, -0.15) is 13.5 Å². The first kappa shape index (κ1) is 21.6. The zero-order valence-electron chi connectivity index (χ0n) is 10.8. The topological polar surface area (TPSA) is 60.7 Å². The normalized spacial score (nSPS) is 8.81. The van der Waals surface area contributed by atoms with Gasteiger partial charge in [-0.1, -0.05) is 71.6 Å². The van der Waals surface area contributed by atoms with Crippen molar-refractivity contribution >= 4 is 20.8 Å². The van der Waals surface area contributed by atoms with E-state index in [1.54, 1.807) is 0 Å². The van der Waals surface area contributed by atoms with E-state index < -0.39 is 7.32 Å². The van der Waals surface area contributed by atoms with Gasteiger partial charge in [0.25, 0.3) is 0 Å². The molecule has 100 valence electrons. The second kappa shape index (κ2) is 20.7. The Kier molecular flexibility index (Phi) is 27.9. The van der Waals surface area contributed by atoms with Crippen molar-refractivity contribution in [1.82, 2.24) is 0 Å². The second-order valence-electron chi connectivity index (χ2n) is 3.82. The molecule has 3 nitrogen and oxygen atoms in total. The lowest BCUT2D eigenvalue weighted by molar-refractivity contribution is 0.278. The van der Waals surface area contributed by atoms with Gasteiger partial charge in [0.05, 0.1) is 0 Å². The molecule has 0 radical (unpaired) electrons. The number of hydrogen-bond acceptors (Lipinski definition) is 3. The Morgan fingerprint density at radius 2 is 0.812 bits per heavy atom. The van der Waals surface area contributed by atoms with Gasteiger partial charge in [0.2, 0.25) is 0 Å². The highest BCUT2D eigenvalue weighted by Gasteiger charge is 1.92. The molecular weight excluding hydrogens is 223 g/mol. The zero-order valence-corrected chi connectivity index (χ0v) is 11.8. The maximum absolute atomic E-state index is 7.17.